The zero-order chi connectivity index (χ0) is 12.0. The van der Waals surface area contributed by atoms with Gasteiger partial charge in [-0.1, -0.05) is 34.1 Å². The third-order valence-corrected chi connectivity index (χ3v) is 3.26. The fraction of sp³-hybridized carbons (Fsp3) is 0.538. The third kappa shape index (κ3) is 4.24. The lowest BCUT2D eigenvalue weighted by molar-refractivity contribution is 0.0743. The van der Waals surface area contributed by atoms with Gasteiger partial charge in [0.1, 0.15) is 0 Å². The van der Waals surface area contributed by atoms with Gasteiger partial charge in [0, 0.05) is 23.7 Å². The Morgan fingerprint density at radius 3 is 2.62 bits per heavy atom. The van der Waals surface area contributed by atoms with E-state index in [1.165, 1.54) is 5.56 Å². The molecule has 0 radical (unpaired) electrons. The van der Waals surface area contributed by atoms with Gasteiger partial charge in [0.05, 0.1) is 6.10 Å². The average molecular weight is 286 g/mol. The smallest absolute Gasteiger partial charge is 0.0671 e. The van der Waals surface area contributed by atoms with E-state index in [0.29, 0.717) is 6.04 Å². The van der Waals surface area contributed by atoms with Gasteiger partial charge in [0.25, 0.3) is 0 Å². The van der Waals surface area contributed by atoms with Crippen LogP contribution < -0.4 is 5.32 Å². The zero-order valence-electron chi connectivity index (χ0n) is 10.2. The summed E-state index contributed by atoms with van der Waals surface area (Å²) in [6, 6.07) is 8.62. The lowest BCUT2D eigenvalue weighted by Gasteiger charge is -2.19. The first-order chi connectivity index (χ1) is 7.65. The minimum absolute atomic E-state index is 0.259. The van der Waals surface area contributed by atoms with Crippen molar-refractivity contribution >= 4 is 15.9 Å². The first-order valence-corrected chi connectivity index (χ1v) is 6.53. The summed E-state index contributed by atoms with van der Waals surface area (Å²) in [5.41, 5.74) is 1.28. The van der Waals surface area contributed by atoms with E-state index in [1.807, 2.05) is 13.0 Å². The van der Waals surface area contributed by atoms with Crippen molar-refractivity contribution in [3.8, 4) is 0 Å². The maximum absolute atomic E-state index is 5.48. The van der Waals surface area contributed by atoms with Gasteiger partial charge in [-0.25, -0.2) is 0 Å². The van der Waals surface area contributed by atoms with Crippen LogP contribution in [0, 0.1) is 0 Å². The molecule has 0 saturated heterocycles. The van der Waals surface area contributed by atoms with Gasteiger partial charge in [-0.2, -0.15) is 0 Å². The summed E-state index contributed by atoms with van der Waals surface area (Å²) in [5, 5.41) is 3.47. The molecule has 1 rings (SSSR count). The predicted molar refractivity (Wildman–Crippen MR) is 71.6 cm³/mol. The average Bonchev–Trinajstić information content (AvgIpc) is 2.27. The fourth-order valence-electron chi connectivity index (χ4n) is 1.62. The molecule has 3 heteroatoms. The van der Waals surface area contributed by atoms with E-state index in [9.17, 15) is 0 Å². The molecule has 1 aromatic carbocycles. The summed E-state index contributed by atoms with van der Waals surface area (Å²) in [6.07, 6.45) is 0.259. The van der Waals surface area contributed by atoms with Crippen LogP contribution in [-0.4, -0.2) is 19.3 Å². The van der Waals surface area contributed by atoms with Crippen molar-refractivity contribution in [1.82, 2.24) is 5.32 Å². The Bertz CT molecular complexity index is 317. The van der Waals surface area contributed by atoms with Crippen molar-refractivity contribution in [2.75, 3.05) is 13.2 Å². The van der Waals surface area contributed by atoms with Crippen LogP contribution in [0.25, 0.3) is 0 Å². The summed E-state index contributed by atoms with van der Waals surface area (Å²) in [7, 11) is 0. The van der Waals surface area contributed by atoms with Crippen molar-refractivity contribution in [1.29, 1.82) is 0 Å². The molecule has 90 valence electrons. The second kappa shape index (κ2) is 7.05. The largest absolute Gasteiger partial charge is 0.377 e. The summed E-state index contributed by atoms with van der Waals surface area (Å²) in [4.78, 5) is 0. The first-order valence-electron chi connectivity index (χ1n) is 5.74. The highest BCUT2D eigenvalue weighted by Crippen LogP contribution is 2.22. The second-order valence-corrected chi connectivity index (χ2v) is 4.77. The maximum atomic E-state index is 5.48. The standard InChI is InChI=1S/C13H20BrNO/c1-4-16-10(2)9-15-11(3)12-7-5-6-8-13(12)14/h5-8,10-11,15H,4,9H2,1-3H3. The van der Waals surface area contributed by atoms with Crippen molar-refractivity contribution in [3.63, 3.8) is 0 Å². The van der Waals surface area contributed by atoms with Gasteiger partial charge >= 0.3 is 0 Å². The molecule has 0 amide bonds. The highest BCUT2D eigenvalue weighted by molar-refractivity contribution is 9.10. The Hall–Kier alpha value is -0.380. The van der Waals surface area contributed by atoms with Gasteiger partial charge < -0.3 is 10.1 Å². The monoisotopic (exact) mass is 285 g/mol. The Labute approximate surface area is 107 Å². The molecular weight excluding hydrogens is 266 g/mol. The van der Waals surface area contributed by atoms with Crippen molar-refractivity contribution < 1.29 is 4.74 Å². The van der Waals surface area contributed by atoms with Crippen LogP contribution >= 0.6 is 15.9 Å². The van der Waals surface area contributed by atoms with Crippen LogP contribution in [0.4, 0.5) is 0 Å². The number of ether oxygens (including phenoxy) is 1. The van der Waals surface area contributed by atoms with E-state index in [-0.39, 0.29) is 6.10 Å². The quantitative estimate of drug-likeness (QED) is 0.864. The van der Waals surface area contributed by atoms with Gasteiger partial charge in [-0.3, -0.25) is 0 Å². The topological polar surface area (TPSA) is 21.3 Å². The minimum atomic E-state index is 0.259. The van der Waals surface area contributed by atoms with Crippen LogP contribution in [0.2, 0.25) is 0 Å². The number of halogens is 1. The fourth-order valence-corrected chi connectivity index (χ4v) is 2.25. The molecule has 2 nitrogen and oxygen atoms in total. The van der Waals surface area contributed by atoms with Crippen LogP contribution in [0.15, 0.2) is 28.7 Å². The SMILES string of the molecule is CCOC(C)CNC(C)c1ccccc1Br. The highest BCUT2D eigenvalue weighted by Gasteiger charge is 2.09. The molecule has 0 aliphatic heterocycles. The molecule has 0 heterocycles. The number of nitrogens with one attached hydrogen (secondary N) is 1. The minimum Gasteiger partial charge on any atom is -0.377 e. The van der Waals surface area contributed by atoms with Crippen molar-refractivity contribution in [2.45, 2.75) is 32.9 Å². The molecule has 0 bridgehead atoms. The Kier molecular flexibility index (Phi) is 6.03. The van der Waals surface area contributed by atoms with Crippen LogP contribution in [0.5, 0.6) is 0 Å². The van der Waals surface area contributed by atoms with Gasteiger partial charge in [0.2, 0.25) is 0 Å². The molecule has 0 spiro atoms. The lowest BCUT2D eigenvalue weighted by atomic mass is 10.1. The highest BCUT2D eigenvalue weighted by atomic mass is 79.9. The van der Waals surface area contributed by atoms with E-state index in [4.69, 9.17) is 4.74 Å². The number of hydrogen-bond acceptors (Lipinski definition) is 2. The van der Waals surface area contributed by atoms with Gasteiger partial charge in [-0.15, -0.1) is 0 Å². The van der Waals surface area contributed by atoms with Gasteiger partial charge in [0.15, 0.2) is 0 Å². The lowest BCUT2D eigenvalue weighted by Crippen LogP contribution is -2.29. The summed E-state index contributed by atoms with van der Waals surface area (Å²) in [6.45, 7) is 7.92. The van der Waals surface area contributed by atoms with Crippen molar-refractivity contribution in [2.24, 2.45) is 0 Å². The van der Waals surface area contributed by atoms with Gasteiger partial charge in [-0.05, 0) is 32.4 Å². The van der Waals surface area contributed by atoms with E-state index in [0.717, 1.165) is 17.6 Å². The molecule has 2 atom stereocenters. The molecule has 1 N–H and O–H groups in total. The Morgan fingerprint density at radius 2 is 2.00 bits per heavy atom. The predicted octanol–water partition coefficient (Wildman–Crippen LogP) is 3.52. The number of hydrogen-bond donors (Lipinski definition) is 1. The molecule has 0 aromatic heterocycles. The first kappa shape index (κ1) is 13.7. The molecule has 2 unspecified atom stereocenters. The Morgan fingerprint density at radius 1 is 1.31 bits per heavy atom. The van der Waals surface area contributed by atoms with Crippen LogP contribution in [0.3, 0.4) is 0 Å². The van der Waals surface area contributed by atoms with Crippen LogP contribution in [-0.2, 0) is 4.74 Å². The van der Waals surface area contributed by atoms with E-state index >= 15 is 0 Å². The van der Waals surface area contributed by atoms with E-state index in [1.54, 1.807) is 0 Å². The summed E-state index contributed by atoms with van der Waals surface area (Å²) < 4.78 is 6.64. The molecule has 16 heavy (non-hydrogen) atoms. The summed E-state index contributed by atoms with van der Waals surface area (Å²) in [5.74, 6) is 0. The van der Waals surface area contributed by atoms with Crippen LogP contribution in [0.1, 0.15) is 32.4 Å². The van der Waals surface area contributed by atoms with E-state index in [2.05, 4.69) is 53.3 Å². The molecule has 1 aromatic rings. The number of rotatable bonds is 6. The molecule has 0 aliphatic rings. The molecule has 0 fully saturated rings. The van der Waals surface area contributed by atoms with Crippen molar-refractivity contribution in [3.05, 3.63) is 34.3 Å². The zero-order valence-corrected chi connectivity index (χ0v) is 11.8. The Balaban J connectivity index is 2.46. The third-order valence-electron chi connectivity index (χ3n) is 2.53. The second-order valence-electron chi connectivity index (χ2n) is 3.92. The summed E-state index contributed by atoms with van der Waals surface area (Å²) >= 11 is 3.56. The maximum Gasteiger partial charge on any atom is 0.0671 e. The normalized spacial score (nSPS) is 14.8. The molecule has 0 saturated carbocycles. The molecule has 0 aliphatic carbocycles. The molecular formula is C13H20BrNO. The van der Waals surface area contributed by atoms with E-state index < -0.39 is 0 Å². The number of benzene rings is 1.